The molecular weight excluding hydrogens is 200 g/mol. The van der Waals surface area contributed by atoms with E-state index in [-0.39, 0.29) is 0 Å². The fourth-order valence-corrected chi connectivity index (χ4v) is 2.15. The number of hydrogen-bond donors (Lipinski definition) is 0. The van der Waals surface area contributed by atoms with Crippen LogP contribution < -0.4 is 0 Å². The fraction of sp³-hybridized carbons (Fsp3) is 0.538. The highest BCUT2D eigenvalue weighted by Gasteiger charge is 2.17. The van der Waals surface area contributed by atoms with E-state index >= 15 is 0 Å². The minimum Gasteiger partial charge on any atom is -0.303 e. The van der Waals surface area contributed by atoms with Gasteiger partial charge in [0, 0.05) is 24.9 Å². The van der Waals surface area contributed by atoms with Crippen LogP contribution in [0.4, 0.5) is 0 Å². The zero-order valence-electron chi connectivity index (χ0n) is 9.51. The maximum Gasteiger partial charge on any atom is 0.123 e. The minimum atomic E-state index is 0.303. The van der Waals surface area contributed by atoms with Crippen LogP contribution in [0.5, 0.6) is 0 Å². The van der Waals surface area contributed by atoms with Gasteiger partial charge in [0.2, 0.25) is 0 Å². The number of likely N-dealkylation sites (tertiary alicyclic amines) is 1. The van der Waals surface area contributed by atoms with Crippen LogP contribution in [0, 0.1) is 5.92 Å². The van der Waals surface area contributed by atoms with E-state index in [1.807, 2.05) is 12.4 Å². The van der Waals surface area contributed by atoms with Crippen molar-refractivity contribution in [1.29, 1.82) is 0 Å². The summed E-state index contributed by atoms with van der Waals surface area (Å²) in [6.45, 7) is 3.22. The molecule has 0 spiro atoms. The molecule has 0 aromatic carbocycles. The normalized spacial score (nSPS) is 18.5. The molecule has 0 amide bonds. The number of hydrogen-bond acceptors (Lipinski definition) is 3. The van der Waals surface area contributed by atoms with Crippen molar-refractivity contribution in [3.05, 3.63) is 30.1 Å². The van der Waals surface area contributed by atoms with Crippen molar-refractivity contribution in [3.8, 4) is 0 Å². The summed E-state index contributed by atoms with van der Waals surface area (Å²) < 4.78 is 0. The van der Waals surface area contributed by atoms with Crippen molar-refractivity contribution in [2.24, 2.45) is 5.92 Å². The van der Waals surface area contributed by atoms with Crippen molar-refractivity contribution in [2.45, 2.75) is 19.3 Å². The van der Waals surface area contributed by atoms with Gasteiger partial charge in [0.05, 0.1) is 0 Å². The molecule has 1 aromatic heterocycles. The molecule has 0 saturated carbocycles. The molecule has 1 aliphatic rings. The summed E-state index contributed by atoms with van der Waals surface area (Å²) in [5.74, 6) is 0.303. The molecule has 3 nitrogen and oxygen atoms in total. The standard InChI is InChI=1S/C13H18N2O/c16-11-13-4-9-15(10-5-13)8-3-12-1-6-14-7-2-12/h1-2,6-7,11,13H,3-5,8-10H2. The van der Waals surface area contributed by atoms with Crippen molar-refractivity contribution in [2.75, 3.05) is 19.6 Å². The summed E-state index contributed by atoms with van der Waals surface area (Å²) in [6.07, 6.45) is 7.93. The average molecular weight is 218 g/mol. The lowest BCUT2D eigenvalue weighted by Gasteiger charge is -2.29. The van der Waals surface area contributed by atoms with E-state index in [1.165, 1.54) is 5.56 Å². The molecule has 1 fully saturated rings. The predicted octanol–water partition coefficient (Wildman–Crippen LogP) is 1.54. The van der Waals surface area contributed by atoms with Gasteiger partial charge in [-0.2, -0.15) is 0 Å². The van der Waals surface area contributed by atoms with Gasteiger partial charge < -0.3 is 9.69 Å². The van der Waals surface area contributed by atoms with Crippen LogP contribution in [-0.4, -0.2) is 35.8 Å². The van der Waals surface area contributed by atoms with Crippen LogP contribution >= 0.6 is 0 Å². The number of piperidine rings is 1. The number of carbonyl (C=O) groups excluding carboxylic acids is 1. The monoisotopic (exact) mass is 218 g/mol. The van der Waals surface area contributed by atoms with E-state index in [1.54, 1.807) is 0 Å². The number of carbonyl (C=O) groups is 1. The van der Waals surface area contributed by atoms with Gasteiger partial charge >= 0.3 is 0 Å². The highest BCUT2D eigenvalue weighted by atomic mass is 16.1. The lowest BCUT2D eigenvalue weighted by atomic mass is 9.98. The number of nitrogens with zero attached hydrogens (tertiary/aromatic N) is 2. The summed E-state index contributed by atoms with van der Waals surface area (Å²) in [5.41, 5.74) is 1.34. The molecule has 2 heterocycles. The van der Waals surface area contributed by atoms with Gasteiger partial charge in [-0.25, -0.2) is 0 Å². The van der Waals surface area contributed by atoms with Gasteiger partial charge in [-0.3, -0.25) is 4.98 Å². The molecule has 0 radical (unpaired) electrons. The van der Waals surface area contributed by atoms with Gasteiger partial charge in [-0.05, 0) is 50.0 Å². The molecule has 86 valence electrons. The first kappa shape index (κ1) is 11.3. The quantitative estimate of drug-likeness (QED) is 0.719. The van der Waals surface area contributed by atoms with Crippen LogP contribution in [0.25, 0.3) is 0 Å². The second-order valence-electron chi connectivity index (χ2n) is 4.42. The van der Waals surface area contributed by atoms with Gasteiger partial charge in [-0.15, -0.1) is 0 Å². The van der Waals surface area contributed by atoms with E-state index in [9.17, 15) is 4.79 Å². The van der Waals surface area contributed by atoms with Crippen molar-refractivity contribution >= 4 is 6.29 Å². The number of aldehydes is 1. The second kappa shape index (κ2) is 5.75. The van der Waals surface area contributed by atoms with E-state index in [0.717, 1.165) is 45.2 Å². The Hall–Kier alpha value is -1.22. The first-order valence-electron chi connectivity index (χ1n) is 5.95. The molecule has 0 unspecified atom stereocenters. The van der Waals surface area contributed by atoms with Gasteiger partial charge in [0.1, 0.15) is 6.29 Å². The summed E-state index contributed by atoms with van der Waals surface area (Å²) in [6, 6.07) is 4.14. The maximum absolute atomic E-state index is 10.6. The van der Waals surface area contributed by atoms with E-state index in [4.69, 9.17) is 0 Å². The molecule has 1 aromatic rings. The Morgan fingerprint density at radius 1 is 1.31 bits per heavy atom. The van der Waals surface area contributed by atoms with Crippen LogP contribution in [0.15, 0.2) is 24.5 Å². The SMILES string of the molecule is O=CC1CCN(CCc2ccncc2)CC1. The Balaban J connectivity index is 1.73. The fourth-order valence-electron chi connectivity index (χ4n) is 2.15. The zero-order chi connectivity index (χ0) is 11.2. The topological polar surface area (TPSA) is 33.2 Å². The van der Waals surface area contributed by atoms with Gasteiger partial charge in [0.15, 0.2) is 0 Å². The molecule has 0 atom stereocenters. The van der Waals surface area contributed by atoms with Gasteiger partial charge in [0.25, 0.3) is 0 Å². The van der Waals surface area contributed by atoms with E-state index in [0.29, 0.717) is 5.92 Å². The molecule has 0 N–H and O–H groups in total. The second-order valence-corrected chi connectivity index (χ2v) is 4.42. The average Bonchev–Trinajstić information content (AvgIpc) is 2.38. The third-order valence-corrected chi connectivity index (χ3v) is 3.29. The van der Waals surface area contributed by atoms with Crippen LogP contribution in [0.1, 0.15) is 18.4 Å². The number of rotatable bonds is 4. The third-order valence-electron chi connectivity index (χ3n) is 3.29. The van der Waals surface area contributed by atoms with Crippen LogP contribution in [0.3, 0.4) is 0 Å². The molecule has 16 heavy (non-hydrogen) atoms. The highest BCUT2D eigenvalue weighted by molar-refractivity contribution is 5.53. The molecule has 3 heteroatoms. The third kappa shape index (κ3) is 3.14. The van der Waals surface area contributed by atoms with Crippen molar-refractivity contribution < 1.29 is 4.79 Å². The number of aromatic nitrogens is 1. The lowest BCUT2D eigenvalue weighted by Crippen LogP contribution is -2.35. The van der Waals surface area contributed by atoms with E-state index < -0.39 is 0 Å². The smallest absolute Gasteiger partial charge is 0.123 e. The summed E-state index contributed by atoms with van der Waals surface area (Å²) in [7, 11) is 0. The molecular formula is C13H18N2O. The maximum atomic E-state index is 10.6. The minimum absolute atomic E-state index is 0.303. The first-order chi connectivity index (χ1) is 7.88. The molecule has 2 rings (SSSR count). The van der Waals surface area contributed by atoms with Crippen LogP contribution in [-0.2, 0) is 11.2 Å². The zero-order valence-corrected chi connectivity index (χ0v) is 9.51. The Morgan fingerprint density at radius 2 is 2.00 bits per heavy atom. The van der Waals surface area contributed by atoms with E-state index in [2.05, 4.69) is 22.0 Å². The Labute approximate surface area is 96.5 Å². The molecule has 1 aliphatic heterocycles. The Kier molecular flexibility index (Phi) is 4.05. The summed E-state index contributed by atoms with van der Waals surface area (Å²) >= 11 is 0. The number of pyridine rings is 1. The predicted molar refractivity (Wildman–Crippen MR) is 63.2 cm³/mol. The molecule has 0 bridgehead atoms. The Bertz CT molecular complexity index is 318. The highest BCUT2D eigenvalue weighted by Crippen LogP contribution is 2.15. The molecule has 1 saturated heterocycles. The van der Waals surface area contributed by atoms with Crippen LogP contribution in [0.2, 0.25) is 0 Å². The molecule has 0 aliphatic carbocycles. The lowest BCUT2D eigenvalue weighted by molar-refractivity contribution is -0.112. The van der Waals surface area contributed by atoms with Crippen molar-refractivity contribution in [1.82, 2.24) is 9.88 Å². The largest absolute Gasteiger partial charge is 0.303 e. The first-order valence-corrected chi connectivity index (χ1v) is 5.95. The van der Waals surface area contributed by atoms with Crippen molar-refractivity contribution in [3.63, 3.8) is 0 Å². The summed E-state index contributed by atoms with van der Waals surface area (Å²) in [4.78, 5) is 17.1. The Morgan fingerprint density at radius 3 is 2.62 bits per heavy atom. The summed E-state index contributed by atoms with van der Waals surface area (Å²) in [5, 5.41) is 0. The van der Waals surface area contributed by atoms with Gasteiger partial charge in [-0.1, -0.05) is 0 Å².